The van der Waals surface area contributed by atoms with Gasteiger partial charge in [-0.25, -0.2) is 14.0 Å². The molecule has 0 aromatic heterocycles. The molecule has 26 heavy (non-hydrogen) atoms. The molecule has 0 saturated carbocycles. The van der Waals surface area contributed by atoms with Crippen molar-refractivity contribution >= 4 is 35.1 Å². The average molecular weight is 380 g/mol. The summed E-state index contributed by atoms with van der Waals surface area (Å²) in [7, 11) is 1.25. The third-order valence-corrected chi connectivity index (χ3v) is 3.70. The number of benzene rings is 2. The van der Waals surface area contributed by atoms with Crippen LogP contribution in [0.3, 0.4) is 0 Å². The molecule has 2 aromatic rings. The Bertz CT molecular complexity index is 838. The first-order chi connectivity index (χ1) is 12.3. The average Bonchev–Trinajstić information content (AvgIpc) is 2.63. The lowest BCUT2D eigenvalue weighted by Gasteiger charge is -2.14. The van der Waals surface area contributed by atoms with E-state index >= 15 is 0 Å². The number of amides is 1. The molecule has 0 fully saturated rings. The second-order valence-electron chi connectivity index (χ2n) is 5.23. The fourth-order valence-corrected chi connectivity index (χ4v) is 2.18. The summed E-state index contributed by atoms with van der Waals surface area (Å²) in [5.74, 6) is -2.44. The van der Waals surface area contributed by atoms with E-state index in [1.165, 1.54) is 44.4 Å². The maximum Gasteiger partial charge on any atom is 0.338 e. The van der Waals surface area contributed by atoms with Gasteiger partial charge in [-0.05, 0) is 49.4 Å². The van der Waals surface area contributed by atoms with Gasteiger partial charge < -0.3 is 14.8 Å². The molecular weight excluding hydrogens is 365 g/mol. The Kier molecular flexibility index (Phi) is 6.30. The van der Waals surface area contributed by atoms with Gasteiger partial charge in [0.25, 0.3) is 5.91 Å². The van der Waals surface area contributed by atoms with E-state index in [1.807, 2.05) is 0 Å². The zero-order valence-corrected chi connectivity index (χ0v) is 14.7. The molecule has 0 aliphatic heterocycles. The predicted molar refractivity (Wildman–Crippen MR) is 92.7 cm³/mol. The van der Waals surface area contributed by atoms with Gasteiger partial charge in [0.15, 0.2) is 6.10 Å². The van der Waals surface area contributed by atoms with Gasteiger partial charge in [-0.3, -0.25) is 4.79 Å². The van der Waals surface area contributed by atoms with E-state index < -0.39 is 29.8 Å². The largest absolute Gasteiger partial charge is 0.465 e. The van der Waals surface area contributed by atoms with E-state index in [0.29, 0.717) is 0 Å². The van der Waals surface area contributed by atoms with Crippen molar-refractivity contribution in [1.29, 1.82) is 0 Å². The molecule has 0 radical (unpaired) electrons. The highest BCUT2D eigenvalue weighted by Gasteiger charge is 2.20. The zero-order chi connectivity index (χ0) is 19.3. The number of nitrogens with one attached hydrogen (secondary N) is 1. The number of methoxy groups -OCH3 is 1. The molecule has 1 N–H and O–H groups in total. The predicted octanol–water partition coefficient (Wildman–Crippen LogP) is 3.45. The Morgan fingerprint density at radius 2 is 1.62 bits per heavy atom. The fourth-order valence-electron chi connectivity index (χ4n) is 1.97. The summed E-state index contributed by atoms with van der Waals surface area (Å²) in [6.07, 6.45) is -1.12. The summed E-state index contributed by atoms with van der Waals surface area (Å²) in [5, 5.41) is 2.47. The van der Waals surface area contributed by atoms with Crippen molar-refractivity contribution in [1.82, 2.24) is 0 Å². The van der Waals surface area contributed by atoms with E-state index in [4.69, 9.17) is 16.3 Å². The van der Waals surface area contributed by atoms with Gasteiger partial charge in [0.1, 0.15) is 5.82 Å². The molecule has 1 atom stereocenters. The molecule has 0 heterocycles. The van der Waals surface area contributed by atoms with Crippen LogP contribution >= 0.6 is 11.6 Å². The molecule has 2 aromatic carbocycles. The number of esters is 2. The van der Waals surface area contributed by atoms with Crippen LogP contribution in [0.1, 0.15) is 27.6 Å². The van der Waals surface area contributed by atoms with Crippen molar-refractivity contribution in [2.45, 2.75) is 13.0 Å². The van der Waals surface area contributed by atoms with E-state index in [0.717, 1.165) is 12.1 Å². The van der Waals surface area contributed by atoms with Crippen LogP contribution in [-0.4, -0.2) is 31.1 Å². The van der Waals surface area contributed by atoms with Crippen LogP contribution in [0, 0.1) is 5.82 Å². The van der Waals surface area contributed by atoms with Crippen LogP contribution in [0.2, 0.25) is 5.02 Å². The Labute approximate surface area is 153 Å². The van der Waals surface area contributed by atoms with E-state index in [-0.39, 0.29) is 21.8 Å². The number of anilines is 1. The van der Waals surface area contributed by atoms with Crippen LogP contribution in [0.15, 0.2) is 42.5 Å². The standard InChI is InChI=1S/C18H15ClFNO5/c1-10(16(22)21-15-8-7-13(20)9-14(15)19)26-18(24)12-5-3-11(4-6-12)17(23)25-2/h3-10H,1-2H3,(H,21,22)/t10-/m1/s1. The summed E-state index contributed by atoms with van der Waals surface area (Å²) in [6.45, 7) is 1.38. The molecule has 0 aliphatic carbocycles. The van der Waals surface area contributed by atoms with Crippen molar-refractivity contribution in [2.24, 2.45) is 0 Å². The Balaban J connectivity index is 1.99. The quantitative estimate of drug-likeness (QED) is 0.805. The van der Waals surface area contributed by atoms with Crippen LogP contribution in [0.25, 0.3) is 0 Å². The third kappa shape index (κ3) is 4.80. The molecule has 6 nitrogen and oxygen atoms in total. The summed E-state index contributed by atoms with van der Waals surface area (Å²) in [6, 6.07) is 9.08. The second-order valence-corrected chi connectivity index (χ2v) is 5.64. The zero-order valence-electron chi connectivity index (χ0n) is 13.9. The number of carbonyl (C=O) groups excluding carboxylic acids is 3. The molecule has 1 amide bonds. The fraction of sp³-hybridized carbons (Fsp3) is 0.167. The maximum absolute atomic E-state index is 13.0. The first-order valence-corrected chi connectivity index (χ1v) is 7.85. The summed E-state index contributed by atoms with van der Waals surface area (Å²) >= 11 is 5.83. The second kappa shape index (κ2) is 8.44. The summed E-state index contributed by atoms with van der Waals surface area (Å²) in [5.41, 5.74) is 0.640. The number of ether oxygens (including phenoxy) is 2. The third-order valence-electron chi connectivity index (χ3n) is 3.38. The minimum atomic E-state index is -1.12. The molecule has 8 heteroatoms. The van der Waals surface area contributed by atoms with Crippen molar-refractivity contribution in [3.8, 4) is 0 Å². The van der Waals surface area contributed by atoms with E-state index in [2.05, 4.69) is 10.1 Å². The molecule has 0 unspecified atom stereocenters. The van der Waals surface area contributed by atoms with E-state index in [9.17, 15) is 18.8 Å². The lowest BCUT2D eigenvalue weighted by molar-refractivity contribution is -0.123. The molecule has 0 spiro atoms. The van der Waals surface area contributed by atoms with Gasteiger partial charge in [-0.15, -0.1) is 0 Å². The lowest BCUT2D eigenvalue weighted by Crippen LogP contribution is -2.30. The van der Waals surface area contributed by atoms with Gasteiger partial charge in [0.05, 0.1) is 28.9 Å². The summed E-state index contributed by atoms with van der Waals surface area (Å²) in [4.78, 5) is 35.5. The van der Waals surface area contributed by atoms with Crippen molar-refractivity contribution in [3.63, 3.8) is 0 Å². The normalized spacial score (nSPS) is 11.4. The number of rotatable bonds is 5. The number of halogens is 2. The van der Waals surface area contributed by atoms with E-state index in [1.54, 1.807) is 0 Å². The highest BCUT2D eigenvalue weighted by Crippen LogP contribution is 2.22. The molecule has 136 valence electrons. The number of hydrogen-bond acceptors (Lipinski definition) is 5. The summed E-state index contributed by atoms with van der Waals surface area (Å²) < 4.78 is 22.6. The molecule has 0 bridgehead atoms. The first kappa shape index (κ1) is 19.4. The molecular formula is C18H15ClFNO5. The minimum absolute atomic E-state index is 0.0234. The minimum Gasteiger partial charge on any atom is -0.465 e. The van der Waals surface area contributed by atoms with Crippen LogP contribution in [-0.2, 0) is 14.3 Å². The van der Waals surface area contributed by atoms with Gasteiger partial charge in [0, 0.05) is 0 Å². The molecule has 0 aliphatic rings. The van der Waals surface area contributed by atoms with Gasteiger partial charge in [-0.1, -0.05) is 11.6 Å². The van der Waals surface area contributed by atoms with Crippen molar-refractivity contribution in [3.05, 3.63) is 64.4 Å². The van der Waals surface area contributed by atoms with Crippen molar-refractivity contribution in [2.75, 3.05) is 12.4 Å². The Morgan fingerprint density at radius 3 is 2.15 bits per heavy atom. The highest BCUT2D eigenvalue weighted by molar-refractivity contribution is 6.33. The first-order valence-electron chi connectivity index (χ1n) is 7.47. The Hall–Kier alpha value is -2.93. The van der Waals surface area contributed by atoms with Crippen LogP contribution in [0.5, 0.6) is 0 Å². The SMILES string of the molecule is COC(=O)c1ccc(C(=O)O[C@H](C)C(=O)Nc2ccc(F)cc2Cl)cc1. The van der Waals surface area contributed by atoms with Gasteiger partial charge >= 0.3 is 11.9 Å². The van der Waals surface area contributed by atoms with Crippen LogP contribution < -0.4 is 5.32 Å². The Morgan fingerprint density at radius 1 is 1.04 bits per heavy atom. The smallest absolute Gasteiger partial charge is 0.338 e. The van der Waals surface area contributed by atoms with Gasteiger partial charge in [-0.2, -0.15) is 0 Å². The number of carbonyl (C=O) groups is 3. The molecule has 0 saturated heterocycles. The number of hydrogen-bond donors (Lipinski definition) is 1. The lowest BCUT2D eigenvalue weighted by atomic mass is 10.1. The maximum atomic E-state index is 13.0. The monoisotopic (exact) mass is 379 g/mol. The van der Waals surface area contributed by atoms with Crippen LogP contribution in [0.4, 0.5) is 10.1 Å². The molecule has 2 rings (SSSR count). The van der Waals surface area contributed by atoms with Gasteiger partial charge in [0.2, 0.25) is 0 Å². The highest BCUT2D eigenvalue weighted by atomic mass is 35.5. The topological polar surface area (TPSA) is 81.7 Å². The van der Waals surface area contributed by atoms with Crippen molar-refractivity contribution < 1.29 is 28.2 Å².